The maximum atomic E-state index is 12.3. The zero-order chi connectivity index (χ0) is 8.43. The predicted octanol–water partition coefficient (Wildman–Crippen LogP) is 1.27. The molecule has 1 heterocycles. The average Bonchev–Trinajstić information content (AvgIpc) is 1.85. The highest BCUT2D eigenvalue weighted by molar-refractivity contribution is 5.26. The van der Waals surface area contributed by atoms with E-state index in [1.807, 2.05) is 0 Å². The Hall–Kier alpha value is -1.59. The Bertz CT molecular complexity index is 303. The number of halogens is 2. The van der Waals surface area contributed by atoms with Crippen LogP contribution in [0.1, 0.15) is 0 Å². The molecule has 0 aliphatic rings. The third-order valence-corrected chi connectivity index (χ3v) is 0.992. The summed E-state index contributed by atoms with van der Waals surface area (Å²) in [6.07, 6.45) is 0. The number of rotatable bonds is 1. The summed E-state index contributed by atoms with van der Waals surface area (Å²) in [4.78, 5) is 11.6. The van der Waals surface area contributed by atoms with Crippen molar-refractivity contribution in [2.75, 3.05) is 0 Å². The summed E-state index contributed by atoms with van der Waals surface area (Å²) in [5.41, 5.74) is -0.827. The van der Waals surface area contributed by atoms with E-state index < -0.39 is 22.5 Å². The first-order valence-electron chi connectivity index (χ1n) is 2.57. The van der Waals surface area contributed by atoms with Crippen molar-refractivity contribution in [2.45, 2.75) is 0 Å². The highest BCUT2D eigenvalue weighted by Gasteiger charge is 2.14. The molecule has 4 nitrogen and oxygen atoms in total. The SMILES string of the molecule is O=[N+]([O-])c1ccc(F)nc1F. The molecule has 0 N–H and O–H groups in total. The van der Waals surface area contributed by atoms with Crippen LogP contribution in [0.3, 0.4) is 0 Å². The Morgan fingerprint density at radius 3 is 2.55 bits per heavy atom. The fourth-order valence-electron chi connectivity index (χ4n) is 0.541. The van der Waals surface area contributed by atoms with Gasteiger partial charge in [-0.3, -0.25) is 10.1 Å². The second kappa shape index (κ2) is 2.57. The smallest absolute Gasteiger partial charge is 0.258 e. The molecule has 0 aliphatic heterocycles. The summed E-state index contributed by atoms with van der Waals surface area (Å²) >= 11 is 0. The van der Waals surface area contributed by atoms with Gasteiger partial charge in [-0.05, 0) is 0 Å². The molecular weight excluding hydrogens is 158 g/mol. The van der Waals surface area contributed by atoms with Gasteiger partial charge in [-0.25, -0.2) is 0 Å². The van der Waals surface area contributed by atoms with Crippen molar-refractivity contribution in [3.05, 3.63) is 34.1 Å². The van der Waals surface area contributed by atoms with Crippen LogP contribution in [0.2, 0.25) is 0 Å². The Labute approximate surface area is 59.6 Å². The first-order valence-corrected chi connectivity index (χ1v) is 2.57. The van der Waals surface area contributed by atoms with Crippen LogP contribution in [-0.4, -0.2) is 9.91 Å². The molecule has 0 saturated heterocycles. The molecule has 0 amide bonds. The van der Waals surface area contributed by atoms with Gasteiger partial charge in [0, 0.05) is 12.1 Å². The minimum absolute atomic E-state index is 0.720. The molecule has 0 atom stereocenters. The zero-order valence-electron chi connectivity index (χ0n) is 5.12. The molecule has 0 radical (unpaired) electrons. The lowest BCUT2D eigenvalue weighted by molar-refractivity contribution is -0.388. The van der Waals surface area contributed by atoms with E-state index in [1.165, 1.54) is 0 Å². The van der Waals surface area contributed by atoms with Gasteiger partial charge in [-0.1, -0.05) is 0 Å². The molecule has 0 saturated carbocycles. The van der Waals surface area contributed by atoms with Crippen LogP contribution in [0.25, 0.3) is 0 Å². The van der Waals surface area contributed by atoms with E-state index in [2.05, 4.69) is 4.98 Å². The van der Waals surface area contributed by atoms with Gasteiger partial charge in [-0.15, -0.1) is 0 Å². The van der Waals surface area contributed by atoms with Gasteiger partial charge in [0.15, 0.2) is 0 Å². The van der Waals surface area contributed by atoms with Crippen LogP contribution >= 0.6 is 0 Å². The zero-order valence-corrected chi connectivity index (χ0v) is 5.12. The van der Waals surface area contributed by atoms with Crippen molar-refractivity contribution >= 4 is 5.69 Å². The molecule has 1 aromatic heterocycles. The van der Waals surface area contributed by atoms with Crippen LogP contribution in [0, 0.1) is 22.0 Å². The highest BCUT2D eigenvalue weighted by Crippen LogP contribution is 2.13. The van der Waals surface area contributed by atoms with Gasteiger partial charge in [0.1, 0.15) is 0 Å². The summed E-state index contributed by atoms with van der Waals surface area (Å²) in [6, 6.07) is 1.44. The Morgan fingerprint density at radius 2 is 2.09 bits per heavy atom. The Kier molecular flexibility index (Phi) is 1.75. The number of hydrogen-bond acceptors (Lipinski definition) is 3. The molecule has 6 heteroatoms. The standard InChI is InChI=1S/C5H2F2N2O2/c6-4-2-1-3(9(10)11)5(7)8-4/h1-2H. The minimum Gasteiger partial charge on any atom is -0.258 e. The van der Waals surface area contributed by atoms with Crippen molar-refractivity contribution in [1.29, 1.82) is 0 Å². The van der Waals surface area contributed by atoms with Crippen LogP contribution in [0.5, 0.6) is 0 Å². The quantitative estimate of drug-likeness (QED) is 0.353. The van der Waals surface area contributed by atoms with Crippen molar-refractivity contribution in [1.82, 2.24) is 4.98 Å². The van der Waals surface area contributed by atoms with Crippen molar-refractivity contribution in [3.63, 3.8) is 0 Å². The van der Waals surface area contributed by atoms with E-state index in [0.29, 0.717) is 0 Å². The molecule has 1 rings (SSSR count). The Morgan fingerprint density at radius 1 is 1.45 bits per heavy atom. The van der Waals surface area contributed by atoms with E-state index in [1.54, 1.807) is 0 Å². The summed E-state index contributed by atoms with van der Waals surface area (Å²) in [5.74, 6) is -2.48. The fraction of sp³-hybridized carbons (Fsp3) is 0. The van der Waals surface area contributed by atoms with Crippen LogP contribution in [0.4, 0.5) is 14.5 Å². The number of aromatic nitrogens is 1. The van der Waals surface area contributed by atoms with E-state index in [0.717, 1.165) is 12.1 Å². The molecule has 0 aliphatic carbocycles. The molecule has 0 unspecified atom stereocenters. The third kappa shape index (κ3) is 1.46. The fourth-order valence-corrected chi connectivity index (χ4v) is 0.541. The molecule has 0 bridgehead atoms. The van der Waals surface area contributed by atoms with Crippen molar-refractivity contribution in [2.24, 2.45) is 0 Å². The summed E-state index contributed by atoms with van der Waals surface area (Å²) in [7, 11) is 0. The summed E-state index contributed by atoms with van der Waals surface area (Å²) in [5, 5.41) is 9.94. The Balaban J connectivity index is 3.20. The topological polar surface area (TPSA) is 56.0 Å². The van der Waals surface area contributed by atoms with Gasteiger partial charge in [-0.2, -0.15) is 13.8 Å². The van der Waals surface area contributed by atoms with E-state index in [-0.39, 0.29) is 0 Å². The van der Waals surface area contributed by atoms with Crippen molar-refractivity contribution < 1.29 is 13.7 Å². The second-order valence-electron chi connectivity index (χ2n) is 1.70. The number of pyridine rings is 1. The number of nitrogens with zero attached hydrogens (tertiary/aromatic N) is 2. The molecule has 58 valence electrons. The molecule has 0 aromatic carbocycles. The lowest BCUT2D eigenvalue weighted by atomic mass is 10.4. The predicted molar refractivity (Wildman–Crippen MR) is 30.8 cm³/mol. The maximum Gasteiger partial charge on any atom is 0.324 e. The first-order chi connectivity index (χ1) is 5.11. The normalized spacial score (nSPS) is 9.64. The summed E-state index contributed by atoms with van der Waals surface area (Å²) in [6.45, 7) is 0. The second-order valence-corrected chi connectivity index (χ2v) is 1.70. The van der Waals surface area contributed by atoms with Gasteiger partial charge in [0.05, 0.1) is 4.92 Å². The number of nitro groups is 1. The largest absolute Gasteiger partial charge is 0.324 e. The molecule has 0 fully saturated rings. The van der Waals surface area contributed by atoms with Gasteiger partial charge >= 0.3 is 5.69 Å². The van der Waals surface area contributed by atoms with Crippen molar-refractivity contribution in [3.8, 4) is 0 Å². The molecule has 1 aromatic rings. The van der Waals surface area contributed by atoms with Crippen LogP contribution in [0.15, 0.2) is 12.1 Å². The molecule has 0 spiro atoms. The highest BCUT2D eigenvalue weighted by atomic mass is 19.1. The maximum absolute atomic E-state index is 12.3. The van der Waals surface area contributed by atoms with Crippen LogP contribution < -0.4 is 0 Å². The van der Waals surface area contributed by atoms with Gasteiger partial charge in [0.2, 0.25) is 5.95 Å². The van der Waals surface area contributed by atoms with Crippen LogP contribution in [-0.2, 0) is 0 Å². The molecular formula is C5H2F2N2O2. The number of hydrogen-bond donors (Lipinski definition) is 0. The first kappa shape index (κ1) is 7.52. The van der Waals surface area contributed by atoms with E-state index in [4.69, 9.17) is 0 Å². The lowest BCUT2D eigenvalue weighted by Crippen LogP contribution is -1.96. The van der Waals surface area contributed by atoms with E-state index in [9.17, 15) is 18.9 Å². The summed E-state index contributed by atoms with van der Waals surface area (Å²) < 4.78 is 24.3. The third-order valence-electron chi connectivity index (χ3n) is 0.992. The molecule has 11 heavy (non-hydrogen) atoms. The average molecular weight is 160 g/mol. The monoisotopic (exact) mass is 160 g/mol. The lowest BCUT2D eigenvalue weighted by Gasteiger charge is -1.90. The van der Waals surface area contributed by atoms with E-state index >= 15 is 0 Å². The minimum atomic E-state index is -1.41. The van der Waals surface area contributed by atoms with Gasteiger partial charge < -0.3 is 0 Å². The van der Waals surface area contributed by atoms with Gasteiger partial charge in [0.25, 0.3) is 5.95 Å².